The summed E-state index contributed by atoms with van der Waals surface area (Å²) in [6.07, 6.45) is 1.77. The van der Waals surface area contributed by atoms with Crippen LogP contribution in [-0.2, 0) is 16.4 Å². The van der Waals surface area contributed by atoms with Crippen LogP contribution in [-0.4, -0.2) is 18.6 Å². The number of hydrogen-bond donors (Lipinski definition) is 1. The molecular formula is C20H16ClN3O4S. The van der Waals surface area contributed by atoms with Gasteiger partial charge in [0, 0.05) is 5.02 Å². The van der Waals surface area contributed by atoms with E-state index in [2.05, 4.69) is 14.9 Å². The molecule has 0 aliphatic rings. The third-order valence-electron chi connectivity index (χ3n) is 4.25. The van der Waals surface area contributed by atoms with Gasteiger partial charge in [0.25, 0.3) is 10.0 Å². The zero-order chi connectivity index (χ0) is 20.4. The Bertz CT molecular complexity index is 1250. The smallest absolute Gasteiger partial charge is 0.262 e. The average Bonchev–Trinajstić information content (AvgIpc) is 3.37. The van der Waals surface area contributed by atoms with E-state index >= 15 is 0 Å². The fraction of sp³-hybridized carbons (Fsp3) is 0.100. The third kappa shape index (κ3) is 4.18. The van der Waals surface area contributed by atoms with Gasteiger partial charge in [-0.1, -0.05) is 41.0 Å². The molecule has 9 heteroatoms. The molecule has 0 amide bonds. The Hall–Kier alpha value is -3.10. The van der Waals surface area contributed by atoms with Gasteiger partial charge in [-0.2, -0.15) is 4.98 Å². The number of rotatable bonds is 6. The number of furan rings is 1. The van der Waals surface area contributed by atoms with Crippen LogP contribution < -0.4 is 4.72 Å². The van der Waals surface area contributed by atoms with Gasteiger partial charge in [0.1, 0.15) is 0 Å². The SMILES string of the molecule is Cc1ccc(Cl)cc1S(=O)(=O)Nc1ccccc1Cc1nc(-c2ccco2)no1. The Kier molecular flexibility index (Phi) is 5.12. The van der Waals surface area contributed by atoms with Gasteiger partial charge >= 0.3 is 0 Å². The highest BCUT2D eigenvalue weighted by molar-refractivity contribution is 7.92. The van der Waals surface area contributed by atoms with Crippen molar-refractivity contribution in [2.24, 2.45) is 0 Å². The molecule has 0 fully saturated rings. The molecule has 2 heterocycles. The first-order valence-electron chi connectivity index (χ1n) is 8.66. The number of nitrogens with one attached hydrogen (secondary N) is 1. The van der Waals surface area contributed by atoms with Gasteiger partial charge in [0.05, 0.1) is 23.3 Å². The zero-order valence-electron chi connectivity index (χ0n) is 15.3. The molecule has 2 aromatic carbocycles. The Morgan fingerprint density at radius 3 is 2.72 bits per heavy atom. The predicted molar refractivity (Wildman–Crippen MR) is 108 cm³/mol. The van der Waals surface area contributed by atoms with Crippen LogP contribution in [0.2, 0.25) is 5.02 Å². The van der Waals surface area contributed by atoms with Crippen molar-refractivity contribution < 1.29 is 17.4 Å². The molecule has 0 bridgehead atoms. The van der Waals surface area contributed by atoms with E-state index in [1.54, 1.807) is 49.4 Å². The normalized spacial score (nSPS) is 11.5. The molecule has 0 aliphatic heterocycles. The van der Waals surface area contributed by atoms with Crippen molar-refractivity contribution in [2.75, 3.05) is 4.72 Å². The van der Waals surface area contributed by atoms with Gasteiger partial charge in [0.15, 0.2) is 5.76 Å². The van der Waals surface area contributed by atoms with E-state index in [0.717, 1.165) is 0 Å². The third-order valence-corrected chi connectivity index (χ3v) is 6.00. The second kappa shape index (κ2) is 7.73. The van der Waals surface area contributed by atoms with Crippen molar-refractivity contribution >= 4 is 27.3 Å². The lowest BCUT2D eigenvalue weighted by atomic mass is 10.1. The van der Waals surface area contributed by atoms with Crippen molar-refractivity contribution in [3.8, 4) is 11.6 Å². The lowest BCUT2D eigenvalue weighted by Gasteiger charge is -2.13. The summed E-state index contributed by atoms with van der Waals surface area (Å²) in [6, 6.07) is 15.2. The molecule has 0 aliphatic carbocycles. The van der Waals surface area contributed by atoms with Gasteiger partial charge in [-0.3, -0.25) is 4.72 Å². The summed E-state index contributed by atoms with van der Waals surface area (Å²) in [5, 5.41) is 4.24. The number of aryl methyl sites for hydroxylation is 1. The number of aromatic nitrogens is 2. The standard InChI is InChI=1S/C20H16ClN3O4S/c1-13-8-9-15(21)12-18(13)29(25,26)24-16-6-3-2-5-14(16)11-19-22-20(23-28-19)17-7-4-10-27-17/h2-10,12,24H,11H2,1H3. The van der Waals surface area contributed by atoms with E-state index < -0.39 is 10.0 Å². The summed E-state index contributed by atoms with van der Waals surface area (Å²) in [6.45, 7) is 1.71. The first-order chi connectivity index (χ1) is 13.9. The number of para-hydroxylation sites is 1. The maximum Gasteiger partial charge on any atom is 0.262 e. The van der Waals surface area contributed by atoms with Crippen LogP contribution in [0.5, 0.6) is 0 Å². The Morgan fingerprint density at radius 2 is 1.93 bits per heavy atom. The van der Waals surface area contributed by atoms with Crippen molar-refractivity contribution in [1.82, 2.24) is 10.1 Å². The summed E-state index contributed by atoms with van der Waals surface area (Å²) in [5.41, 5.74) is 1.70. The van der Waals surface area contributed by atoms with Gasteiger partial charge < -0.3 is 8.94 Å². The molecule has 0 radical (unpaired) electrons. The van der Waals surface area contributed by atoms with Crippen molar-refractivity contribution in [1.29, 1.82) is 0 Å². The average molecular weight is 430 g/mol. The quantitative estimate of drug-likeness (QED) is 0.477. The molecule has 4 aromatic rings. The van der Waals surface area contributed by atoms with Gasteiger partial charge in [-0.05, 0) is 48.4 Å². The monoisotopic (exact) mass is 429 g/mol. The first-order valence-corrected chi connectivity index (χ1v) is 10.5. The van der Waals surface area contributed by atoms with Crippen LogP contribution in [0.15, 0.2) is 74.7 Å². The first kappa shape index (κ1) is 19.2. The summed E-state index contributed by atoms with van der Waals surface area (Å²) < 4.78 is 39.0. The highest BCUT2D eigenvalue weighted by Crippen LogP contribution is 2.26. The fourth-order valence-corrected chi connectivity index (χ4v) is 4.44. The van der Waals surface area contributed by atoms with E-state index in [1.165, 1.54) is 12.3 Å². The van der Waals surface area contributed by atoms with Crippen LogP contribution in [0, 0.1) is 6.92 Å². The molecule has 0 spiro atoms. The van der Waals surface area contributed by atoms with E-state index in [9.17, 15) is 8.42 Å². The summed E-state index contributed by atoms with van der Waals surface area (Å²) >= 11 is 5.98. The minimum atomic E-state index is -3.83. The van der Waals surface area contributed by atoms with E-state index in [0.29, 0.717) is 39.3 Å². The van der Waals surface area contributed by atoms with E-state index in [4.69, 9.17) is 20.5 Å². The number of benzene rings is 2. The molecule has 29 heavy (non-hydrogen) atoms. The van der Waals surface area contributed by atoms with Crippen LogP contribution in [0.1, 0.15) is 17.0 Å². The van der Waals surface area contributed by atoms with Crippen LogP contribution in [0.4, 0.5) is 5.69 Å². The Balaban J connectivity index is 1.61. The van der Waals surface area contributed by atoms with E-state index in [-0.39, 0.29) is 11.3 Å². The van der Waals surface area contributed by atoms with Crippen molar-refractivity contribution in [2.45, 2.75) is 18.2 Å². The second-order valence-corrected chi connectivity index (χ2v) is 8.43. The lowest BCUT2D eigenvalue weighted by Crippen LogP contribution is -2.15. The number of halogens is 1. The fourth-order valence-electron chi connectivity index (χ4n) is 2.83. The predicted octanol–water partition coefficient (Wildman–Crippen LogP) is 4.68. The van der Waals surface area contributed by atoms with Gasteiger partial charge in [0.2, 0.25) is 11.7 Å². The molecule has 0 unspecified atom stereocenters. The summed E-state index contributed by atoms with van der Waals surface area (Å²) in [5.74, 6) is 1.16. The molecule has 0 saturated carbocycles. The molecule has 148 valence electrons. The highest BCUT2D eigenvalue weighted by Gasteiger charge is 2.20. The maximum absolute atomic E-state index is 12.9. The highest BCUT2D eigenvalue weighted by atomic mass is 35.5. The van der Waals surface area contributed by atoms with Gasteiger partial charge in [-0.15, -0.1) is 0 Å². The number of anilines is 1. The van der Waals surface area contributed by atoms with Crippen molar-refractivity contribution in [3.05, 3.63) is 82.9 Å². The molecule has 1 N–H and O–H groups in total. The topological polar surface area (TPSA) is 98.2 Å². The molecule has 0 atom stereocenters. The number of hydrogen-bond acceptors (Lipinski definition) is 6. The number of sulfonamides is 1. The molecule has 2 aromatic heterocycles. The largest absolute Gasteiger partial charge is 0.461 e. The maximum atomic E-state index is 12.9. The summed E-state index contributed by atoms with van der Waals surface area (Å²) in [4.78, 5) is 4.43. The Labute approximate surface area is 172 Å². The molecule has 4 rings (SSSR count). The van der Waals surface area contributed by atoms with Gasteiger partial charge in [-0.25, -0.2) is 8.42 Å². The van der Waals surface area contributed by atoms with Crippen LogP contribution in [0.25, 0.3) is 11.6 Å². The molecular weight excluding hydrogens is 414 g/mol. The van der Waals surface area contributed by atoms with Crippen LogP contribution in [0.3, 0.4) is 0 Å². The van der Waals surface area contributed by atoms with E-state index in [1.807, 2.05) is 6.07 Å². The van der Waals surface area contributed by atoms with Crippen LogP contribution >= 0.6 is 11.6 Å². The lowest BCUT2D eigenvalue weighted by molar-refractivity contribution is 0.384. The second-order valence-electron chi connectivity index (χ2n) is 6.34. The summed E-state index contributed by atoms with van der Waals surface area (Å²) in [7, 11) is -3.83. The molecule has 7 nitrogen and oxygen atoms in total. The number of nitrogens with zero attached hydrogens (tertiary/aromatic N) is 2. The Morgan fingerprint density at radius 1 is 1.10 bits per heavy atom. The van der Waals surface area contributed by atoms with Crippen molar-refractivity contribution in [3.63, 3.8) is 0 Å². The minimum Gasteiger partial charge on any atom is -0.461 e. The molecule has 0 saturated heterocycles. The zero-order valence-corrected chi connectivity index (χ0v) is 16.9. The minimum absolute atomic E-state index is 0.123.